The molecule has 0 unspecified atom stereocenters. The van der Waals surface area contributed by atoms with Gasteiger partial charge in [-0.05, 0) is 32.0 Å². The van der Waals surface area contributed by atoms with Crippen molar-refractivity contribution in [3.05, 3.63) is 41.4 Å². The second kappa shape index (κ2) is 6.33. The summed E-state index contributed by atoms with van der Waals surface area (Å²) in [6.07, 6.45) is 6.27. The zero-order chi connectivity index (χ0) is 17.5. The Morgan fingerprint density at radius 1 is 1.23 bits per heavy atom. The number of imidazole rings is 1. The highest BCUT2D eigenvalue weighted by molar-refractivity contribution is 7.15. The summed E-state index contributed by atoms with van der Waals surface area (Å²) < 4.78 is 9.15. The number of nitrogens with zero attached hydrogens (tertiary/aromatic N) is 7. The van der Waals surface area contributed by atoms with Crippen LogP contribution in [-0.4, -0.2) is 54.3 Å². The summed E-state index contributed by atoms with van der Waals surface area (Å²) in [5, 5.41) is 15.2. The normalized spacial score (nSPS) is 16.7. The third kappa shape index (κ3) is 2.73. The zero-order valence-electron chi connectivity index (χ0n) is 14.4. The van der Waals surface area contributed by atoms with Crippen LogP contribution in [0.2, 0.25) is 0 Å². The Bertz CT molecular complexity index is 1020. The molecule has 5 heterocycles. The molecule has 26 heavy (non-hydrogen) atoms. The molecule has 0 atom stereocenters. The maximum atomic E-state index is 5.23. The molecule has 0 spiro atoms. The van der Waals surface area contributed by atoms with Gasteiger partial charge in [-0.15, -0.1) is 26.6 Å². The standard InChI is InChI=1S/C17H19N7OS/c1-25-15-3-2-14-19-20-16(24(14)21-15)12-4-6-22(7-5-12)10-13-11-23-8-9-26-17(23)18-13/h2-3,8-9,11-12H,4-7,10H2,1H3. The Labute approximate surface area is 154 Å². The average Bonchev–Trinajstić information content (AvgIpc) is 3.36. The number of hydrogen-bond donors (Lipinski definition) is 0. The molecular formula is C17H19N7OS. The molecule has 0 radical (unpaired) electrons. The van der Waals surface area contributed by atoms with Crippen molar-refractivity contribution in [2.75, 3.05) is 20.2 Å². The Morgan fingerprint density at radius 2 is 2.12 bits per heavy atom. The Balaban J connectivity index is 1.28. The predicted molar refractivity (Wildman–Crippen MR) is 97.7 cm³/mol. The van der Waals surface area contributed by atoms with E-state index in [2.05, 4.69) is 47.4 Å². The molecule has 0 aromatic carbocycles. The minimum Gasteiger partial charge on any atom is -0.480 e. The molecule has 1 fully saturated rings. The van der Waals surface area contributed by atoms with Crippen LogP contribution in [0.5, 0.6) is 5.88 Å². The highest BCUT2D eigenvalue weighted by atomic mass is 32.1. The van der Waals surface area contributed by atoms with Crippen molar-refractivity contribution in [3.8, 4) is 5.88 Å². The maximum absolute atomic E-state index is 5.23. The Kier molecular flexibility index (Phi) is 3.83. The number of fused-ring (bicyclic) bond motifs is 2. The predicted octanol–water partition coefficient (Wildman–Crippen LogP) is 2.22. The fourth-order valence-electron chi connectivity index (χ4n) is 3.58. The van der Waals surface area contributed by atoms with Gasteiger partial charge in [-0.2, -0.15) is 4.52 Å². The maximum Gasteiger partial charge on any atom is 0.231 e. The van der Waals surface area contributed by atoms with Crippen molar-refractivity contribution in [1.29, 1.82) is 0 Å². The molecule has 9 heteroatoms. The largest absolute Gasteiger partial charge is 0.480 e. The lowest BCUT2D eigenvalue weighted by Crippen LogP contribution is -2.33. The molecule has 0 saturated carbocycles. The van der Waals surface area contributed by atoms with Gasteiger partial charge in [-0.1, -0.05) is 0 Å². The molecule has 134 valence electrons. The third-order valence-corrected chi connectivity index (χ3v) is 5.72. The van der Waals surface area contributed by atoms with Gasteiger partial charge in [0.1, 0.15) is 0 Å². The number of ether oxygens (including phenoxy) is 1. The molecule has 1 aliphatic rings. The number of thiazole rings is 1. The van der Waals surface area contributed by atoms with Gasteiger partial charge in [-0.3, -0.25) is 9.30 Å². The summed E-state index contributed by atoms with van der Waals surface area (Å²) in [5.74, 6) is 1.88. The summed E-state index contributed by atoms with van der Waals surface area (Å²) >= 11 is 1.67. The third-order valence-electron chi connectivity index (χ3n) is 4.95. The van der Waals surface area contributed by atoms with E-state index < -0.39 is 0 Å². The van der Waals surface area contributed by atoms with Gasteiger partial charge in [0.05, 0.1) is 12.8 Å². The topological polar surface area (TPSA) is 72.9 Å². The van der Waals surface area contributed by atoms with Gasteiger partial charge in [0.25, 0.3) is 0 Å². The van der Waals surface area contributed by atoms with Crippen molar-refractivity contribution < 1.29 is 4.74 Å². The first-order chi connectivity index (χ1) is 12.8. The monoisotopic (exact) mass is 369 g/mol. The van der Waals surface area contributed by atoms with Crippen LogP contribution in [0.15, 0.2) is 29.9 Å². The van der Waals surface area contributed by atoms with Gasteiger partial charge in [0.2, 0.25) is 5.88 Å². The van der Waals surface area contributed by atoms with Crippen LogP contribution >= 0.6 is 11.3 Å². The molecule has 5 rings (SSSR count). The molecule has 0 bridgehead atoms. The molecular weight excluding hydrogens is 350 g/mol. The second-order valence-electron chi connectivity index (χ2n) is 6.58. The Hall–Kier alpha value is -2.52. The van der Waals surface area contributed by atoms with E-state index in [9.17, 15) is 0 Å². The van der Waals surface area contributed by atoms with Crippen LogP contribution in [0, 0.1) is 0 Å². The van der Waals surface area contributed by atoms with Gasteiger partial charge in [-0.25, -0.2) is 4.98 Å². The summed E-state index contributed by atoms with van der Waals surface area (Å²) in [6.45, 7) is 2.94. The van der Waals surface area contributed by atoms with Crippen molar-refractivity contribution in [2.45, 2.75) is 25.3 Å². The molecule has 1 aliphatic heterocycles. The van der Waals surface area contributed by atoms with E-state index in [1.54, 1.807) is 18.4 Å². The van der Waals surface area contributed by atoms with E-state index in [0.29, 0.717) is 11.8 Å². The van der Waals surface area contributed by atoms with Crippen LogP contribution in [0.1, 0.15) is 30.3 Å². The first-order valence-corrected chi connectivity index (χ1v) is 9.58. The number of likely N-dealkylation sites (tertiary alicyclic amines) is 1. The highest BCUT2D eigenvalue weighted by Gasteiger charge is 2.25. The van der Waals surface area contributed by atoms with E-state index in [1.165, 1.54) is 0 Å². The lowest BCUT2D eigenvalue weighted by atomic mass is 9.96. The van der Waals surface area contributed by atoms with E-state index >= 15 is 0 Å². The van der Waals surface area contributed by atoms with Crippen molar-refractivity contribution >= 4 is 21.9 Å². The van der Waals surface area contributed by atoms with Gasteiger partial charge in [0, 0.05) is 36.3 Å². The quantitative estimate of drug-likeness (QED) is 0.549. The van der Waals surface area contributed by atoms with Crippen LogP contribution in [0.25, 0.3) is 10.6 Å². The molecule has 1 saturated heterocycles. The number of aromatic nitrogens is 6. The lowest BCUT2D eigenvalue weighted by molar-refractivity contribution is 0.199. The Morgan fingerprint density at radius 3 is 2.92 bits per heavy atom. The SMILES string of the molecule is COc1ccc2nnc(C3CCN(Cc4cn5ccsc5n4)CC3)n2n1. The molecule has 4 aromatic heterocycles. The van der Waals surface area contributed by atoms with Crippen LogP contribution in [0.3, 0.4) is 0 Å². The van der Waals surface area contributed by atoms with Crippen LogP contribution in [-0.2, 0) is 6.54 Å². The van der Waals surface area contributed by atoms with Gasteiger partial charge >= 0.3 is 0 Å². The number of piperidine rings is 1. The zero-order valence-corrected chi connectivity index (χ0v) is 15.3. The summed E-state index contributed by atoms with van der Waals surface area (Å²) in [6, 6.07) is 3.70. The molecule has 4 aromatic rings. The second-order valence-corrected chi connectivity index (χ2v) is 7.45. The molecule has 8 nitrogen and oxygen atoms in total. The van der Waals surface area contributed by atoms with Crippen LogP contribution in [0.4, 0.5) is 0 Å². The minimum absolute atomic E-state index is 0.367. The first-order valence-electron chi connectivity index (χ1n) is 8.70. The fraction of sp³-hybridized carbons (Fsp3) is 0.412. The van der Waals surface area contributed by atoms with E-state index in [4.69, 9.17) is 4.74 Å². The average molecular weight is 369 g/mol. The first kappa shape index (κ1) is 15.7. The number of methoxy groups -OCH3 is 1. The summed E-state index contributed by atoms with van der Waals surface area (Å²) in [7, 11) is 1.62. The minimum atomic E-state index is 0.367. The smallest absolute Gasteiger partial charge is 0.231 e. The number of rotatable bonds is 4. The van der Waals surface area contributed by atoms with Crippen molar-refractivity contribution in [1.82, 2.24) is 34.1 Å². The van der Waals surface area contributed by atoms with E-state index in [-0.39, 0.29) is 0 Å². The summed E-state index contributed by atoms with van der Waals surface area (Å²) in [4.78, 5) is 8.20. The lowest BCUT2D eigenvalue weighted by Gasteiger charge is -2.30. The molecule has 0 N–H and O–H groups in total. The van der Waals surface area contributed by atoms with Crippen molar-refractivity contribution in [2.24, 2.45) is 0 Å². The van der Waals surface area contributed by atoms with Gasteiger partial charge in [0.15, 0.2) is 16.4 Å². The summed E-state index contributed by atoms with van der Waals surface area (Å²) in [5.41, 5.74) is 1.90. The van der Waals surface area contributed by atoms with E-state index in [1.807, 2.05) is 16.6 Å². The number of hydrogen-bond acceptors (Lipinski definition) is 7. The van der Waals surface area contributed by atoms with E-state index in [0.717, 1.165) is 54.6 Å². The molecule has 0 amide bonds. The van der Waals surface area contributed by atoms with Crippen LogP contribution < -0.4 is 4.74 Å². The molecule has 0 aliphatic carbocycles. The highest BCUT2D eigenvalue weighted by Crippen LogP contribution is 2.28. The van der Waals surface area contributed by atoms with Gasteiger partial charge < -0.3 is 4.74 Å². The van der Waals surface area contributed by atoms with Crippen molar-refractivity contribution in [3.63, 3.8) is 0 Å². The fourth-order valence-corrected chi connectivity index (χ4v) is 4.30.